The third kappa shape index (κ3) is 2.64. The molecule has 0 N–H and O–H groups in total. The summed E-state index contributed by atoms with van der Waals surface area (Å²) in [5.74, 6) is 0.849. The molecule has 1 aliphatic heterocycles. The zero-order chi connectivity index (χ0) is 16.2. The van der Waals surface area contributed by atoms with Crippen LogP contribution in [0.15, 0.2) is 27.6 Å². The maximum absolute atomic E-state index is 13.2. The molecule has 1 aliphatic carbocycles. The fourth-order valence-electron chi connectivity index (χ4n) is 2.50. The molecule has 2 heterocycles. The average Bonchev–Trinajstić information content (AvgIpc) is 3.20. The van der Waals surface area contributed by atoms with E-state index in [9.17, 15) is 12.8 Å². The topological polar surface area (TPSA) is 76.3 Å². The van der Waals surface area contributed by atoms with Crippen molar-refractivity contribution in [3.05, 3.63) is 40.8 Å². The Kier molecular flexibility index (Phi) is 3.44. The Labute approximate surface area is 137 Å². The molecular formula is C14H13ClFN3O3S. The molecule has 9 heteroatoms. The number of benzene rings is 1. The van der Waals surface area contributed by atoms with E-state index in [0.29, 0.717) is 17.6 Å². The van der Waals surface area contributed by atoms with Crippen molar-refractivity contribution in [1.29, 1.82) is 0 Å². The van der Waals surface area contributed by atoms with E-state index in [1.807, 2.05) is 0 Å². The first-order valence-corrected chi connectivity index (χ1v) is 9.05. The van der Waals surface area contributed by atoms with Gasteiger partial charge in [-0.3, -0.25) is 0 Å². The molecule has 0 bridgehead atoms. The minimum Gasteiger partial charge on any atom is -0.339 e. The summed E-state index contributed by atoms with van der Waals surface area (Å²) in [6.07, 6.45) is 2.16. The van der Waals surface area contributed by atoms with E-state index in [4.69, 9.17) is 16.1 Å². The first kappa shape index (κ1) is 15.0. The van der Waals surface area contributed by atoms with Gasteiger partial charge < -0.3 is 4.52 Å². The highest BCUT2D eigenvalue weighted by Crippen LogP contribution is 2.39. The minimum absolute atomic E-state index is 0.0217. The summed E-state index contributed by atoms with van der Waals surface area (Å²) in [4.78, 5) is 4.32. The second-order valence-corrected chi connectivity index (χ2v) is 8.21. The summed E-state index contributed by atoms with van der Waals surface area (Å²) < 4.78 is 44.6. The van der Waals surface area contributed by atoms with Crippen molar-refractivity contribution in [2.24, 2.45) is 0 Å². The van der Waals surface area contributed by atoms with Gasteiger partial charge in [0.25, 0.3) is 0 Å². The third-order valence-electron chi connectivity index (χ3n) is 4.13. The van der Waals surface area contributed by atoms with Crippen molar-refractivity contribution in [2.75, 3.05) is 13.1 Å². The highest BCUT2D eigenvalue weighted by atomic mass is 35.5. The molecule has 0 unspecified atom stereocenters. The van der Waals surface area contributed by atoms with Gasteiger partial charge >= 0.3 is 0 Å². The van der Waals surface area contributed by atoms with Crippen LogP contribution in [-0.4, -0.2) is 36.0 Å². The molecule has 4 rings (SSSR count). The van der Waals surface area contributed by atoms with Crippen LogP contribution in [0.2, 0.25) is 5.02 Å². The molecule has 1 aromatic carbocycles. The molecular weight excluding hydrogens is 345 g/mol. The zero-order valence-corrected chi connectivity index (χ0v) is 13.5. The van der Waals surface area contributed by atoms with Gasteiger partial charge in [-0.25, -0.2) is 12.8 Å². The van der Waals surface area contributed by atoms with Gasteiger partial charge in [0.2, 0.25) is 15.9 Å². The minimum atomic E-state index is -3.69. The zero-order valence-electron chi connectivity index (χ0n) is 11.9. The lowest BCUT2D eigenvalue weighted by molar-refractivity contribution is 0.216. The lowest BCUT2D eigenvalue weighted by Crippen LogP contribution is -2.48. The van der Waals surface area contributed by atoms with Crippen molar-refractivity contribution >= 4 is 21.6 Å². The molecule has 0 amide bonds. The lowest BCUT2D eigenvalue weighted by atomic mass is 10.0. The van der Waals surface area contributed by atoms with Crippen LogP contribution in [0, 0.1) is 5.82 Å². The first-order chi connectivity index (χ1) is 10.9. The summed E-state index contributed by atoms with van der Waals surface area (Å²) in [6, 6.07) is 3.38. The number of aromatic nitrogens is 2. The van der Waals surface area contributed by atoms with Crippen molar-refractivity contribution in [3.8, 4) is 0 Å². The van der Waals surface area contributed by atoms with E-state index >= 15 is 0 Å². The maximum atomic E-state index is 13.2. The average molecular weight is 358 g/mol. The van der Waals surface area contributed by atoms with Crippen LogP contribution < -0.4 is 0 Å². The number of rotatable bonds is 4. The molecule has 1 saturated carbocycles. The van der Waals surface area contributed by atoms with E-state index in [2.05, 4.69) is 10.1 Å². The molecule has 0 spiro atoms. The Morgan fingerprint density at radius 1 is 1.26 bits per heavy atom. The van der Waals surface area contributed by atoms with Gasteiger partial charge in [-0.05, 0) is 31.0 Å². The van der Waals surface area contributed by atoms with Gasteiger partial charge in [0.15, 0.2) is 5.82 Å². The fourth-order valence-corrected chi connectivity index (χ4v) is 4.30. The van der Waals surface area contributed by atoms with E-state index in [-0.39, 0.29) is 28.9 Å². The summed E-state index contributed by atoms with van der Waals surface area (Å²) in [7, 11) is -3.69. The Balaban J connectivity index is 1.48. The van der Waals surface area contributed by atoms with Gasteiger partial charge in [-0.2, -0.15) is 9.29 Å². The molecule has 6 nitrogen and oxygen atoms in total. The van der Waals surface area contributed by atoms with E-state index in [1.54, 1.807) is 0 Å². The Morgan fingerprint density at radius 2 is 2.00 bits per heavy atom. The van der Waals surface area contributed by atoms with Crippen molar-refractivity contribution in [3.63, 3.8) is 0 Å². The van der Waals surface area contributed by atoms with Gasteiger partial charge in [0.1, 0.15) is 5.82 Å². The third-order valence-corrected chi connectivity index (χ3v) is 6.24. The predicted octanol–water partition coefficient (Wildman–Crippen LogP) is 2.53. The van der Waals surface area contributed by atoms with Crippen LogP contribution in [-0.2, 0) is 10.0 Å². The van der Waals surface area contributed by atoms with E-state index in [0.717, 1.165) is 25.0 Å². The van der Waals surface area contributed by atoms with Crippen LogP contribution in [0.3, 0.4) is 0 Å². The summed E-state index contributed by atoms with van der Waals surface area (Å²) in [6.45, 7) is 0.535. The summed E-state index contributed by atoms with van der Waals surface area (Å²) in [5, 5.41) is 3.72. The number of nitrogens with zero attached hydrogens (tertiary/aromatic N) is 3. The highest BCUT2D eigenvalue weighted by Gasteiger charge is 2.41. The van der Waals surface area contributed by atoms with Crippen LogP contribution in [0.1, 0.15) is 36.4 Å². The van der Waals surface area contributed by atoms with Crippen molar-refractivity contribution in [1.82, 2.24) is 14.4 Å². The normalized spacial score (nSPS) is 19.7. The molecule has 0 radical (unpaired) electrons. The fraction of sp³-hybridized carbons (Fsp3) is 0.429. The Hall–Kier alpha value is -1.51. The summed E-state index contributed by atoms with van der Waals surface area (Å²) >= 11 is 5.66. The quantitative estimate of drug-likeness (QED) is 0.840. The molecule has 1 aromatic heterocycles. The highest BCUT2D eigenvalue weighted by molar-refractivity contribution is 7.89. The Morgan fingerprint density at radius 3 is 2.65 bits per heavy atom. The largest absolute Gasteiger partial charge is 0.339 e. The number of hydrogen-bond acceptors (Lipinski definition) is 5. The first-order valence-electron chi connectivity index (χ1n) is 7.24. The molecule has 2 aromatic rings. The maximum Gasteiger partial charge on any atom is 0.243 e. The monoisotopic (exact) mass is 357 g/mol. The smallest absolute Gasteiger partial charge is 0.243 e. The van der Waals surface area contributed by atoms with Crippen molar-refractivity contribution in [2.45, 2.75) is 29.6 Å². The van der Waals surface area contributed by atoms with Crippen LogP contribution in [0.5, 0.6) is 0 Å². The second kappa shape index (κ2) is 5.25. The van der Waals surface area contributed by atoms with Gasteiger partial charge in [-0.15, -0.1) is 0 Å². The molecule has 1 saturated heterocycles. The van der Waals surface area contributed by atoms with Gasteiger partial charge in [-0.1, -0.05) is 16.8 Å². The Bertz CT molecular complexity index is 860. The number of hydrogen-bond donors (Lipinski definition) is 0. The van der Waals surface area contributed by atoms with Gasteiger partial charge in [0.05, 0.1) is 15.8 Å². The molecule has 122 valence electrons. The predicted molar refractivity (Wildman–Crippen MR) is 79.2 cm³/mol. The van der Waals surface area contributed by atoms with Crippen molar-refractivity contribution < 1.29 is 17.3 Å². The summed E-state index contributed by atoms with van der Waals surface area (Å²) in [5.41, 5.74) is 0. The van der Waals surface area contributed by atoms with E-state index < -0.39 is 15.8 Å². The number of sulfonamides is 1. The van der Waals surface area contributed by atoms with E-state index in [1.165, 1.54) is 10.4 Å². The molecule has 2 aliphatic rings. The second-order valence-electron chi connectivity index (χ2n) is 5.86. The van der Waals surface area contributed by atoms with Crippen LogP contribution >= 0.6 is 11.6 Å². The van der Waals surface area contributed by atoms with Gasteiger partial charge in [0, 0.05) is 19.0 Å². The SMILES string of the molecule is O=S(=O)(c1ccc(F)c(Cl)c1)N1CC(c2nc(C3CC3)no2)C1. The number of halogens is 2. The molecule has 2 fully saturated rings. The lowest BCUT2D eigenvalue weighted by Gasteiger charge is -2.35. The van der Waals surface area contributed by atoms with Crippen LogP contribution in [0.25, 0.3) is 0 Å². The molecule has 0 atom stereocenters. The molecule has 23 heavy (non-hydrogen) atoms. The van der Waals surface area contributed by atoms with Crippen LogP contribution in [0.4, 0.5) is 4.39 Å². The standard InChI is InChI=1S/C14H13ClFN3O3S/c15-11-5-10(3-4-12(11)16)23(20,21)19-6-9(7-19)14-17-13(18-22-14)8-1-2-8/h3-5,8-9H,1-2,6-7H2.